The molecular weight excluding hydrogens is 326 g/mol. The molecule has 1 unspecified atom stereocenters. The van der Waals surface area contributed by atoms with E-state index in [4.69, 9.17) is 13.6 Å². The fraction of sp³-hybridized carbons (Fsp3) is 0.941. The van der Waals surface area contributed by atoms with Crippen LogP contribution in [0.5, 0.6) is 0 Å². The van der Waals surface area contributed by atoms with Gasteiger partial charge in [0.15, 0.2) is 0 Å². The molecular formula is C17H37NO5Si. The van der Waals surface area contributed by atoms with Crippen LogP contribution in [0.15, 0.2) is 0 Å². The monoisotopic (exact) mass is 363 g/mol. The number of carbonyl (C=O) groups is 1. The predicted octanol–water partition coefficient (Wildman–Crippen LogP) is 3.77. The van der Waals surface area contributed by atoms with Crippen molar-refractivity contribution in [3.8, 4) is 0 Å². The van der Waals surface area contributed by atoms with E-state index in [9.17, 15) is 4.79 Å². The molecule has 0 aromatic heterocycles. The highest BCUT2D eigenvalue weighted by atomic mass is 28.4. The van der Waals surface area contributed by atoms with Gasteiger partial charge in [0.25, 0.3) is 0 Å². The van der Waals surface area contributed by atoms with Crippen LogP contribution in [0.2, 0.25) is 6.04 Å². The van der Waals surface area contributed by atoms with Crippen LogP contribution in [0.3, 0.4) is 0 Å². The molecule has 1 amide bonds. The molecule has 1 saturated heterocycles. The molecule has 1 heterocycles. The van der Waals surface area contributed by atoms with Crippen LogP contribution in [-0.2, 0) is 18.3 Å². The Bertz CT molecular complexity index is 304. The molecule has 7 heteroatoms. The molecule has 1 atom stereocenters. The van der Waals surface area contributed by atoms with E-state index in [2.05, 4.69) is 10.1 Å². The first kappa shape index (κ1) is 23.4. The van der Waals surface area contributed by atoms with Gasteiger partial charge in [-0.3, -0.25) is 0 Å². The molecule has 6 nitrogen and oxygen atoms in total. The molecule has 1 aliphatic heterocycles. The lowest BCUT2D eigenvalue weighted by Gasteiger charge is -2.39. The fourth-order valence-electron chi connectivity index (χ4n) is 2.76. The first-order valence-corrected chi connectivity index (χ1v) is 11.5. The van der Waals surface area contributed by atoms with Gasteiger partial charge in [-0.15, -0.1) is 0 Å². The Morgan fingerprint density at radius 1 is 1.00 bits per heavy atom. The van der Waals surface area contributed by atoms with E-state index in [1.165, 1.54) is 12.8 Å². The Balaban J connectivity index is 0.000000506. The van der Waals surface area contributed by atoms with Gasteiger partial charge < -0.3 is 23.6 Å². The average molecular weight is 364 g/mol. The first-order chi connectivity index (χ1) is 11.6. The van der Waals surface area contributed by atoms with Crippen molar-refractivity contribution in [2.24, 2.45) is 0 Å². The summed E-state index contributed by atoms with van der Waals surface area (Å²) in [7, 11) is -2.06. The van der Waals surface area contributed by atoms with Crippen molar-refractivity contribution < 1.29 is 23.1 Å². The zero-order valence-corrected chi connectivity index (χ0v) is 17.2. The number of hydrogen-bond donors (Lipinski definition) is 1. The summed E-state index contributed by atoms with van der Waals surface area (Å²) in [6.07, 6.45) is 4.22. The predicted molar refractivity (Wildman–Crippen MR) is 98.4 cm³/mol. The van der Waals surface area contributed by atoms with Crippen LogP contribution in [0.1, 0.15) is 60.3 Å². The van der Waals surface area contributed by atoms with Gasteiger partial charge in [-0.25, -0.2) is 4.79 Å². The summed E-state index contributed by atoms with van der Waals surface area (Å²) >= 11 is 0. The number of ether oxygens (including phenoxy) is 2. The van der Waals surface area contributed by atoms with Crippen molar-refractivity contribution in [1.29, 1.82) is 0 Å². The molecule has 1 rings (SSSR count). The Labute approximate surface area is 148 Å². The summed E-state index contributed by atoms with van der Waals surface area (Å²) in [6, 6.07) is 1.10. The molecule has 1 aliphatic rings. The highest BCUT2D eigenvalue weighted by molar-refractivity contribution is 6.69. The summed E-state index contributed by atoms with van der Waals surface area (Å²) in [5.41, 5.74) is 0.246. The molecule has 0 bridgehead atoms. The topological polar surface area (TPSA) is 66.0 Å². The average Bonchev–Trinajstić information content (AvgIpc) is 2.57. The van der Waals surface area contributed by atoms with Gasteiger partial charge in [0.05, 0.1) is 6.61 Å². The van der Waals surface area contributed by atoms with Gasteiger partial charge >= 0.3 is 14.7 Å². The first-order valence-electron chi connectivity index (χ1n) is 9.40. The summed E-state index contributed by atoms with van der Waals surface area (Å²) in [5.74, 6) is 0. The summed E-state index contributed by atoms with van der Waals surface area (Å²) < 4.78 is 22.3. The SMILES string of the molecule is CCCNC(=O)OCC.CCOC1CCCC[Si]1(OCC)OCC. The number of carbonyl (C=O) groups excluding carboxylic acids is 1. The number of rotatable bonds is 9. The largest absolute Gasteiger partial charge is 0.450 e. The van der Waals surface area contributed by atoms with Crippen LogP contribution in [-0.4, -0.2) is 53.4 Å². The second-order valence-corrected chi connectivity index (χ2v) is 8.86. The lowest BCUT2D eigenvalue weighted by atomic mass is 10.2. The second kappa shape index (κ2) is 14.7. The summed E-state index contributed by atoms with van der Waals surface area (Å²) in [5, 5.41) is 2.57. The zero-order chi connectivity index (χ0) is 18.3. The third-order valence-corrected chi connectivity index (χ3v) is 7.71. The van der Waals surface area contributed by atoms with Crippen LogP contribution < -0.4 is 5.32 Å². The smallest absolute Gasteiger partial charge is 0.407 e. The van der Waals surface area contributed by atoms with Crippen molar-refractivity contribution in [1.82, 2.24) is 5.32 Å². The number of amides is 1. The third-order valence-electron chi connectivity index (χ3n) is 3.67. The maximum absolute atomic E-state index is 10.5. The Morgan fingerprint density at radius 3 is 2.17 bits per heavy atom. The maximum Gasteiger partial charge on any atom is 0.407 e. The minimum atomic E-state index is -2.06. The van der Waals surface area contributed by atoms with Gasteiger partial charge in [0.2, 0.25) is 0 Å². The van der Waals surface area contributed by atoms with Crippen molar-refractivity contribution in [3.05, 3.63) is 0 Å². The third kappa shape index (κ3) is 9.01. The molecule has 0 spiro atoms. The van der Waals surface area contributed by atoms with E-state index in [-0.39, 0.29) is 11.8 Å². The Morgan fingerprint density at radius 2 is 1.67 bits per heavy atom. The van der Waals surface area contributed by atoms with Gasteiger partial charge in [0, 0.05) is 26.4 Å². The molecule has 24 heavy (non-hydrogen) atoms. The maximum atomic E-state index is 10.5. The molecule has 0 aromatic carbocycles. The van der Waals surface area contributed by atoms with Crippen molar-refractivity contribution >= 4 is 14.7 Å². The summed E-state index contributed by atoms with van der Waals surface area (Å²) in [6.45, 7) is 13.3. The standard InChI is InChI=1S/C11H24O3Si.C6H13NO2/c1-4-12-11-9-7-8-10-15(11,13-5-2)14-6-3;1-3-5-7-6(8)9-4-2/h11H,4-10H2,1-3H3;3-5H2,1-2H3,(H,7,8). The van der Waals surface area contributed by atoms with Crippen LogP contribution in [0, 0.1) is 0 Å². The number of nitrogens with one attached hydrogen (secondary N) is 1. The molecule has 0 saturated carbocycles. The minimum absolute atomic E-state index is 0.246. The van der Waals surface area contributed by atoms with E-state index >= 15 is 0 Å². The van der Waals surface area contributed by atoms with Gasteiger partial charge in [-0.1, -0.05) is 19.8 Å². The highest BCUT2D eigenvalue weighted by Crippen LogP contribution is 2.32. The van der Waals surface area contributed by atoms with Gasteiger partial charge in [-0.05, 0) is 46.6 Å². The van der Waals surface area contributed by atoms with Crippen molar-refractivity contribution in [2.45, 2.75) is 72.1 Å². The minimum Gasteiger partial charge on any atom is -0.450 e. The molecule has 0 radical (unpaired) electrons. The van der Waals surface area contributed by atoms with E-state index in [1.54, 1.807) is 6.92 Å². The van der Waals surface area contributed by atoms with Crippen LogP contribution >= 0.6 is 0 Å². The Hall–Kier alpha value is -0.633. The zero-order valence-electron chi connectivity index (χ0n) is 16.2. The van der Waals surface area contributed by atoms with Gasteiger partial charge in [0.1, 0.15) is 5.73 Å². The van der Waals surface area contributed by atoms with Crippen molar-refractivity contribution in [3.63, 3.8) is 0 Å². The lowest BCUT2D eigenvalue weighted by Crippen LogP contribution is -2.56. The molecule has 0 aliphatic carbocycles. The lowest BCUT2D eigenvalue weighted by molar-refractivity contribution is 0.0396. The number of alkyl carbamates (subject to hydrolysis) is 1. The van der Waals surface area contributed by atoms with Crippen molar-refractivity contribution in [2.75, 3.05) is 33.0 Å². The fourth-order valence-corrected chi connectivity index (χ4v) is 6.61. The van der Waals surface area contributed by atoms with Crippen LogP contribution in [0.4, 0.5) is 4.79 Å². The normalized spacial score (nSPS) is 19.1. The van der Waals surface area contributed by atoms with E-state index in [1.807, 2.05) is 27.7 Å². The quantitative estimate of drug-likeness (QED) is 0.632. The highest BCUT2D eigenvalue weighted by Gasteiger charge is 2.48. The number of hydrogen-bond acceptors (Lipinski definition) is 5. The molecule has 1 N–H and O–H groups in total. The Kier molecular flexibility index (Phi) is 14.3. The van der Waals surface area contributed by atoms with Gasteiger partial charge in [-0.2, -0.15) is 0 Å². The summed E-state index contributed by atoms with van der Waals surface area (Å²) in [4.78, 5) is 10.5. The van der Waals surface area contributed by atoms with E-state index in [0.29, 0.717) is 13.2 Å². The van der Waals surface area contributed by atoms with E-state index in [0.717, 1.165) is 38.7 Å². The molecule has 1 fully saturated rings. The second-order valence-electron chi connectivity index (χ2n) is 5.51. The molecule has 144 valence electrons. The van der Waals surface area contributed by atoms with Crippen LogP contribution in [0.25, 0.3) is 0 Å². The van der Waals surface area contributed by atoms with E-state index < -0.39 is 8.56 Å². The molecule has 0 aromatic rings.